The maximum atomic E-state index is 11.4. The van der Waals surface area contributed by atoms with Crippen LogP contribution in [0.3, 0.4) is 0 Å². The summed E-state index contributed by atoms with van der Waals surface area (Å²) in [5, 5.41) is 0. The average Bonchev–Trinajstić information content (AvgIpc) is 2.25. The molecule has 0 aliphatic heterocycles. The number of carbonyl (C=O) groups is 1. The Morgan fingerprint density at radius 2 is 1.78 bits per heavy atom. The van der Waals surface area contributed by atoms with Crippen LogP contribution >= 0.6 is 0 Å². The topological polar surface area (TPSA) is 44.8 Å². The van der Waals surface area contributed by atoms with Crippen molar-refractivity contribution in [2.45, 2.75) is 32.8 Å². The molecule has 0 unspecified atom stereocenters. The Labute approximate surface area is 108 Å². The molecule has 0 aliphatic carbocycles. The van der Waals surface area contributed by atoms with E-state index >= 15 is 0 Å². The van der Waals surface area contributed by atoms with Crippen molar-refractivity contribution in [3.63, 3.8) is 0 Å². The minimum Gasteiger partial charge on any atom is -0.428 e. The van der Waals surface area contributed by atoms with Gasteiger partial charge in [0.2, 0.25) is 0 Å². The van der Waals surface area contributed by atoms with E-state index < -0.39 is 11.8 Å². The number of hydrogen-bond acceptors (Lipinski definition) is 4. The van der Waals surface area contributed by atoms with Crippen molar-refractivity contribution in [2.24, 2.45) is 0 Å². The maximum Gasteiger partial charge on any atom is 0.514 e. The molecule has 0 heterocycles. The summed E-state index contributed by atoms with van der Waals surface area (Å²) in [6.45, 7) is 6.05. The van der Waals surface area contributed by atoms with Gasteiger partial charge in [0.15, 0.2) is 0 Å². The van der Waals surface area contributed by atoms with E-state index in [9.17, 15) is 4.79 Å². The SMILES string of the molecule is COCCc1ccc(OC(=O)OC(C)(C)C)cc1. The first kappa shape index (κ1) is 14.5. The molecule has 4 heteroatoms. The maximum absolute atomic E-state index is 11.4. The van der Waals surface area contributed by atoms with Crippen LogP contribution in [0.1, 0.15) is 26.3 Å². The zero-order chi connectivity index (χ0) is 13.6. The second-order valence-corrected chi connectivity index (χ2v) is 4.95. The Hall–Kier alpha value is -1.55. The van der Waals surface area contributed by atoms with Crippen LogP contribution in [0.5, 0.6) is 5.75 Å². The molecule has 0 saturated heterocycles. The lowest BCUT2D eigenvalue weighted by Gasteiger charge is -2.18. The number of benzene rings is 1. The van der Waals surface area contributed by atoms with Crippen molar-refractivity contribution < 1.29 is 19.0 Å². The monoisotopic (exact) mass is 252 g/mol. The number of methoxy groups -OCH3 is 1. The summed E-state index contributed by atoms with van der Waals surface area (Å²) in [6, 6.07) is 7.29. The van der Waals surface area contributed by atoms with E-state index in [1.807, 2.05) is 12.1 Å². The van der Waals surface area contributed by atoms with E-state index in [1.54, 1.807) is 40.0 Å². The predicted molar refractivity (Wildman–Crippen MR) is 68.9 cm³/mol. The van der Waals surface area contributed by atoms with Gasteiger partial charge in [0.25, 0.3) is 0 Å². The Morgan fingerprint density at radius 3 is 2.28 bits per heavy atom. The molecule has 0 atom stereocenters. The zero-order valence-electron chi connectivity index (χ0n) is 11.4. The van der Waals surface area contributed by atoms with Crippen LogP contribution in [-0.4, -0.2) is 25.5 Å². The van der Waals surface area contributed by atoms with Crippen LogP contribution in [0.2, 0.25) is 0 Å². The molecule has 0 aromatic heterocycles. The first-order valence-electron chi connectivity index (χ1n) is 5.89. The summed E-state index contributed by atoms with van der Waals surface area (Å²) >= 11 is 0. The smallest absolute Gasteiger partial charge is 0.428 e. The first-order valence-corrected chi connectivity index (χ1v) is 5.89. The minimum atomic E-state index is -0.688. The normalized spacial score (nSPS) is 11.1. The molecule has 18 heavy (non-hydrogen) atoms. The second-order valence-electron chi connectivity index (χ2n) is 4.95. The lowest BCUT2D eigenvalue weighted by molar-refractivity contribution is 0.0206. The van der Waals surface area contributed by atoms with Gasteiger partial charge in [0, 0.05) is 7.11 Å². The van der Waals surface area contributed by atoms with Gasteiger partial charge >= 0.3 is 6.16 Å². The van der Waals surface area contributed by atoms with E-state index in [2.05, 4.69) is 0 Å². The molecule has 0 saturated carbocycles. The van der Waals surface area contributed by atoms with Crippen LogP contribution < -0.4 is 4.74 Å². The highest BCUT2D eigenvalue weighted by atomic mass is 16.7. The molecule has 4 nitrogen and oxygen atoms in total. The summed E-state index contributed by atoms with van der Waals surface area (Å²) in [6.07, 6.45) is 0.149. The number of carbonyl (C=O) groups excluding carboxylic acids is 1. The third kappa shape index (κ3) is 5.68. The van der Waals surface area contributed by atoms with E-state index in [1.165, 1.54) is 0 Å². The standard InChI is InChI=1S/C14H20O4/c1-14(2,3)18-13(15)17-12-7-5-11(6-8-12)9-10-16-4/h5-8H,9-10H2,1-4H3. The summed E-state index contributed by atoms with van der Waals surface area (Å²) in [7, 11) is 1.67. The molecule has 0 amide bonds. The molecule has 1 aromatic carbocycles. The molecule has 1 aromatic rings. The highest BCUT2D eigenvalue weighted by Crippen LogP contribution is 2.15. The molecular weight excluding hydrogens is 232 g/mol. The molecule has 0 aliphatic rings. The molecule has 0 spiro atoms. The number of rotatable bonds is 4. The minimum absolute atomic E-state index is 0.477. The van der Waals surface area contributed by atoms with Gasteiger partial charge in [-0.05, 0) is 44.9 Å². The fraction of sp³-hybridized carbons (Fsp3) is 0.500. The van der Waals surface area contributed by atoms with Gasteiger partial charge in [-0.15, -0.1) is 0 Å². The Morgan fingerprint density at radius 1 is 1.17 bits per heavy atom. The van der Waals surface area contributed by atoms with E-state index in [-0.39, 0.29) is 0 Å². The summed E-state index contributed by atoms with van der Waals surface area (Å²) in [4.78, 5) is 11.4. The quantitative estimate of drug-likeness (QED) is 0.610. The van der Waals surface area contributed by atoms with Crippen LogP contribution in [0.25, 0.3) is 0 Å². The van der Waals surface area contributed by atoms with Crippen molar-refractivity contribution in [2.75, 3.05) is 13.7 Å². The molecule has 0 N–H and O–H groups in total. The fourth-order valence-electron chi connectivity index (χ4n) is 1.31. The Balaban J connectivity index is 2.50. The number of ether oxygens (including phenoxy) is 3. The van der Waals surface area contributed by atoms with Crippen LogP contribution in [0, 0.1) is 0 Å². The molecule has 0 radical (unpaired) electrons. The van der Waals surface area contributed by atoms with Gasteiger partial charge in [0.05, 0.1) is 6.61 Å². The largest absolute Gasteiger partial charge is 0.514 e. The van der Waals surface area contributed by atoms with Crippen molar-refractivity contribution in [3.05, 3.63) is 29.8 Å². The Bertz CT molecular complexity index is 376. The molecular formula is C14H20O4. The molecule has 100 valence electrons. The lowest BCUT2D eigenvalue weighted by Crippen LogP contribution is -2.25. The average molecular weight is 252 g/mol. The van der Waals surface area contributed by atoms with Crippen LogP contribution in [0.4, 0.5) is 4.79 Å². The third-order valence-corrected chi connectivity index (χ3v) is 2.11. The number of hydrogen-bond donors (Lipinski definition) is 0. The highest BCUT2D eigenvalue weighted by molar-refractivity contribution is 5.64. The van der Waals surface area contributed by atoms with E-state index in [4.69, 9.17) is 14.2 Å². The van der Waals surface area contributed by atoms with Crippen molar-refractivity contribution in [3.8, 4) is 5.75 Å². The molecule has 0 fully saturated rings. The van der Waals surface area contributed by atoms with Gasteiger partial charge in [-0.3, -0.25) is 0 Å². The van der Waals surface area contributed by atoms with Crippen molar-refractivity contribution >= 4 is 6.16 Å². The fourth-order valence-corrected chi connectivity index (χ4v) is 1.31. The van der Waals surface area contributed by atoms with Gasteiger partial charge in [-0.2, -0.15) is 0 Å². The first-order chi connectivity index (χ1) is 8.40. The zero-order valence-corrected chi connectivity index (χ0v) is 11.4. The molecule has 1 rings (SSSR count). The summed E-state index contributed by atoms with van der Waals surface area (Å²) in [5.74, 6) is 0.477. The Kier molecular flexibility index (Phi) is 5.16. The summed E-state index contributed by atoms with van der Waals surface area (Å²) in [5.41, 5.74) is 0.587. The van der Waals surface area contributed by atoms with Crippen molar-refractivity contribution in [1.82, 2.24) is 0 Å². The lowest BCUT2D eigenvalue weighted by atomic mass is 10.1. The van der Waals surface area contributed by atoms with Crippen LogP contribution in [-0.2, 0) is 15.9 Å². The highest BCUT2D eigenvalue weighted by Gasteiger charge is 2.17. The van der Waals surface area contributed by atoms with Gasteiger partial charge < -0.3 is 14.2 Å². The third-order valence-electron chi connectivity index (χ3n) is 2.11. The van der Waals surface area contributed by atoms with Gasteiger partial charge in [0.1, 0.15) is 11.4 Å². The van der Waals surface area contributed by atoms with E-state index in [0.29, 0.717) is 12.4 Å². The molecule has 0 bridgehead atoms. The van der Waals surface area contributed by atoms with Gasteiger partial charge in [-0.25, -0.2) is 4.79 Å². The predicted octanol–water partition coefficient (Wildman–Crippen LogP) is 3.19. The second kappa shape index (κ2) is 6.40. The summed E-state index contributed by atoms with van der Waals surface area (Å²) < 4.78 is 15.1. The van der Waals surface area contributed by atoms with Crippen molar-refractivity contribution in [1.29, 1.82) is 0 Å². The van der Waals surface area contributed by atoms with Gasteiger partial charge in [-0.1, -0.05) is 12.1 Å². The van der Waals surface area contributed by atoms with E-state index in [0.717, 1.165) is 12.0 Å². The van der Waals surface area contributed by atoms with Crippen LogP contribution in [0.15, 0.2) is 24.3 Å².